The molecular formula is C14H19FO. The van der Waals surface area contributed by atoms with Gasteiger partial charge >= 0.3 is 0 Å². The van der Waals surface area contributed by atoms with Crippen LogP contribution in [0.3, 0.4) is 0 Å². The van der Waals surface area contributed by atoms with Gasteiger partial charge in [-0.05, 0) is 55.4 Å². The molecule has 4 rings (SSSR count). The minimum Gasteiger partial charge on any atom is -0.497 e. The van der Waals surface area contributed by atoms with Gasteiger partial charge in [-0.1, -0.05) is 12.7 Å². The lowest BCUT2D eigenvalue weighted by atomic mass is 9.53. The number of alkyl halides is 1. The minimum absolute atomic E-state index is 0.459. The lowest BCUT2D eigenvalue weighted by Gasteiger charge is -2.54. The van der Waals surface area contributed by atoms with E-state index in [1.54, 1.807) is 6.08 Å². The maximum atomic E-state index is 14.4. The van der Waals surface area contributed by atoms with Crippen LogP contribution in [0.5, 0.6) is 0 Å². The Morgan fingerprint density at radius 2 is 2.00 bits per heavy atom. The lowest BCUT2D eigenvalue weighted by molar-refractivity contribution is -0.0427. The fourth-order valence-corrected chi connectivity index (χ4v) is 4.13. The SMILES string of the molecule is C=CCOC=C1[C@@H]2CC3C[C@H]1CC(F)(C3)C2. The van der Waals surface area contributed by atoms with E-state index in [0.717, 1.165) is 19.3 Å². The Labute approximate surface area is 96.4 Å². The highest BCUT2D eigenvalue weighted by Crippen LogP contribution is 2.59. The van der Waals surface area contributed by atoms with Crippen LogP contribution in [0.15, 0.2) is 24.5 Å². The van der Waals surface area contributed by atoms with E-state index in [9.17, 15) is 4.39 Å². The van der Waals surface area contributed by atoms with Crippen molar-refractivity contribution in [2.75, 3.05) is 6.61 Å². The first-order chi connectivity index (χ1) is 7.70. The molecule has 4 atom stereocenters. The summed E-state index contributed by atoms with van der Waals surface area (Å²) in [4.78, 5) is 0. The highest BCUT2D eigenvalue weighted by molar-refractivity contribution is 5.22. The van der Waals surface area contributed by atoms with E-state index in [1.165, 1.54) is 18.4 Å². The highest BCUT2D eigenvalue weighted by Gasteiger charge is 2.53. The van der Waals surface area contributed by atoms with Crippen LogP contribution in [0.2, 0.25) is 0 Å². The van der Waals surface area contributed by atoms with Gasteiger partial charge in [0.2, 0.25) is 0 Å². The molecule has 88 valence electrons. The zero-order valence-corrected chi connectivity index (χ0v) is 9.62. The summed E-state index contributed by atoms with van der Waals surface area (Å²) in [5, 5.41) is 0. The number of allylic oxidation sites excluding steroid dienone is 1. The van der Waals surface area contributed by atoms with Crippen molar-refractivity contribution >= 4 is 0 Å². The summed E-state index contributed by atoms with van der Waals surface area (Å²) < 4.78 is 19.8. The third kappa shape index (κ3) is 1.59. The minimum atomic E-state index is -0.841. The Balaban J connectivity index is 1.78. The largest absolute Gasteiger partial charge is 0.497 e. The summed E-state index contributed by atoms with van der Waals surface area (Å²) in [6.45, 7) is 4.19. The molecule has 0 N–H and O–H groups in total. The standard InChI is InChI=1S/C14H19FO/c1-2-3-16-9-13-11-4-10-5-12(13)8-14(15,6-10)7-11/h2,9-12H,1,3-8H2/t10?,11-,12+,14?. The van der Waals surface area contributed by atoms with Gasteiger partial charge in [0, 0.05) is 0 Å². The summed E-state index contributed by atoms with van der Waals surface area (Å²) in [6.07, 6.45) is 8.33. The van der Waals surface area contributed by atoms with E-state index in [4.69, 9.17) is 4.74 Å². The second-order valence-corrected chi connectivity index (χ2v) is 5.73. The molecule has 0 heterocycles. The predicted octanol–water partition coefficient (Wildman–Crippen LogP) is 3.62. The first kappa shape index (κ1) is 10.4. The molecule has 0 aromatic rings. The molecule has 0 radical (unpaired) electrons. The van der Waals surface area contributed by atoms with Gasteiger partial charge in [0.15, 0.2) is 0 Å². The van der Waals surface area contributed by atoms with Gasteiger partial charge in [-0.2, -0.15) is 0 Å². The molecule has 2 unspecified atom stereocenters. The molecule has 0 aromatic carbocycles. The Morgan fingerprint density at radius 1 is 1.31 bits per heavy atom. The molecular weight excluding hydrogens is 203 g/mol. The molecule has 0 aliphatic heterocycles. The second-order valence-electron chi connectivity index (χ2n) is 5.73. The smallest absolute Gasteiger partial charge is 0.112 e. The summed E-state index contributed by atoms with van der Waals surface area (Å²) >= 11 is 0. The van der Waals surface area contributed by atoms with Crippen LogP contribution in [0.25, 0.3) is 0 Å². The van der Waals surface area contributed by atoms with Crippen molar-refractivity contribution in [3.63, 3.8) is 0 Å². The van der Waals surface area contributed by atoms with Crippen LogP contribution in [0.4, 0.5) is 4.39 Å². The lowest BCUT2D eigenvalue weighted by Crippen LogP contribution is -2.49. The van der Waals surface area contributed by atoms with Crippen molar-refractivity contribution in [1.29, 1.82) is 0 Å². The van der Waals surface area contributed by atoms with Crippen LogP contribution in [0.1, 0.15) is 32.1 Å². The Hall–Kier alpha value is -0.790. The highest BCUT2D eigenvalue weighted by atomic mass is 19.1. The van der Waals surface area contributed by atoms with Crippen LogP contribution < -0.4 is 0 Å². The monoisotopic (exact) mass is 222 g/mol. The van der Waals surface area contributed by atoms with Crippen molar-refractivity contribution in [3.8, 4) is 0 Å². The number of ether oxygens (including phenoxy) is 1. The average Bonchev–Trinajstić information content (AvgIpc) is 2.20. The van der Waals surface area contributed by atoms with Gasteiger partial charge in [-0.15, -0.1) is 0 Å². The van der Waals surface area contributed by atoms with Gasteiger partial charge in [0.1, 0.15) is 12.3 Å². The molecule has 1 nitrogen and oxygen atoms in total. The van der Waals surface area contributed by atoms with E-state index in [-0.39, 0.29) is 0 Å². The molecule has 4 bridgehead atoms. The van der Waals surface area contributed by atoms with Gasteiger partial charge in [0.05, 0.1) is 6.26 Å². The van der Waals surface area contributed by atoms with Crippen molar-refractivity contribution in [3.05, 3.63) is 24.5 Å². The number of halogens is 1. The quantitative estimate of drug-likeness (QED) is 0.402. The summed E-state index contributed by atoms with van der Waals surface area (Å²) in [6, 6.07) is 0. The summed E-state index contributed by atoms with van der Waals surface area (Å²) in [5.41, 5.74) is 0.540. The van der Waals surface area contributed by atoms with Gasteiger partial charge in [-0.25, -0.2) is 4.39 Å². The fourth-order valence-electron chi connectivity index (χ4n) is 4.13. The average molecular weight is 222 g/mol. The van der Waals surface area contributed by atoms with Crippen LogP contribution in [-0.2, 0) is 4.74 Å². The maximum Gasteiger partial charge on any atom is 0.112 e. The fraction of sp³-hybridized carbons (Fsp3) is 0.714. The molecule has 4 saturated carbocycles. The van der Waals surface area contributed by atoms with Crippen LogP contribution in [0, 0.1) is 17.8 Å². The van der Waals surface area contributed by atoms with Gasteiger partial charge in [0.25, 0.3) is 0 Å². The number of hydrogen-bond donors (Lipinski definition) is 0. The molecule has 4 fully saturated rings. The molecule has 2 heteroatoms. The first-order valence-electron chi connectivity index (χ1n) is 6.31. The predicted molar refractivity (Wildman–Crippen MR) is 61.6 cm³/mol. The van der Waals surface area contributed by atoms with Crippen molar-refractivity contribution < 1.29 is 9.13 Å². The molecule has 0 aromatic heterocycles. The van der Waals surface area contributed by atoms with Gasteiger partial charge < -0.3 is 4.74 Å². The molecule has 0 spiro atoms. The second kappa shape index (κ2) is 3.61. The third-order valence-corrected chi connectivity index (χ3v) is 4.49. The first-order valence-corrected chi connectivity index (χ1v) is 6.31. The normalized spacial score (nSPS) is 47.3. The van der Waals surface area contributed by atoms with E-state index in [0.29, 0.717) is 24.4 Å². The van der Waals surface area contributed by atoms with Crippen molar-refractivity contribution in [2.24, 2.45) is 17.8 Å². The van der Waals surface area contributed by atoms with Crippen molar-refractivity contribution in [2.45, 2.75) is 37.8 Å². The number of rotatable bonds is 3. The van der Waals surface area contributed by atoms with Crippen LogP contribution in [-0.4, -0.2) is 12.3 Å². The Bertz CT molecular complexity index is 316. The van der Waals surface area contributed by atoms with Crippen LogP contribution >= 0.6 is 0 Å². The van der Waals surface area contributed by atoms with Crippen molar-refractivity contribution in [1.82, 2.24) is 0 Å². The molecule has 4 aliphatic rings. The maximum absolute atomic E-state index is 14.4. The van der Waals surface area contributed by atoms with E-state index in [1.807, 2.05) is 6.26 Å². The molecule has 16 heavy (non-hydrogen) atoms. The molecule has 0 amide bonds. The van der Waals surface area contributed by atoms with E-state index < -0.39 is 5.67 Å². The van der Waals surface area contributed by atoms with Gasteiger partial charge in [-0.3, -0.25) is 0 Å². The Kier molecular flexibility index (Phi) is 2.34. The Morgan fingerprint density at radius 3 is 2.56 bits per heavy atom. The topological polar surface area (TPSA) is 9.23 Å². The third-order valence-electron chi connectivity index (χ3n) is 4.49. The summed E-state index contributed by atoms with van der Waals surface area (Å²) in [5.74, 6) is 1.56. The number of hydrogen-bond acceptors (Lipinski definition) is 1. The van der Waals surface area contributed by atoms with E-state index >= 15 is 0 Å². The molecule has 0 saturated heterocycles. The van der Waals surface area contributed by atoms with E-state index in [2.05, 4.69) is 6.58 Å². The zero-order chi connectivity index (χ0) is 11.2. The molecule has 4 aliphatic carbocycles. The zero-order valence-electron chi connectivity index (χ0n) is 9.62. The summed E-state index contributed by atoms with van der Waals surface area (Å²) in [7, 11) is 0.